The van der Waals surface area contributed by atoms with Crippen LogP contribution >= 0.6 is 0 Å². The molecule has 0 aliphatic heterocycles. The van der Waals surface area contributed by atoms with Gasteiger partial charge in [-0.25, -0.2) is 0 Å². The lowest BCUT2D eigenvalue weighted by atomic mass is 9.71. The maximum Gasteiger partial charge on any atom is 0.220 e. The fourth-order valence-corrected chi connectivity index (χ4v) is 3.00. The van der Waals surface area contributed by atoms with E-state index in [0.29, 0.717) is 32.1 Å². The topological polar surface area (TPSA) is 64.3 Å². The van der Waals surface area contributed by atoms with Crippen LogP contribution in [0, 0.1) is 11.3 Å². The third-order valence-electron chi connectivity index (χ3n) is 4.54. The molecule has 1 aliphatic carbocycles. The molecule has 4 nitrogen and oxygen atoms in total. The number of nitrogens with two attached hydrogens (primary N) is 1. The van der Waals surface area contributed by atoms with Gasteiger partial charge in [0.25, 0.3) is 0 Å². The van der Waals surface area contributed by atoms with E-state index in [4.69, 9.17) is 10.5 Å². The Labute approximate surface area is 123 Å². The highest BCUT2D eigenvalue weighted by Gasteiger charge is 2.33. The predicted octanol–water partition coefficient (Wildman–Crippen LogP) is 2.46. The summed E-state index contributed by atoms with van der Waals surface area (Å²) in [7, 11) is 0. The molecule has 0 aromatic heterocycles. The summed E-state index contributed by atoms with van der Waals surface area (Å²) in [5.74, 6) is 0.515. The zero-order chi connectivity index (χ0) is 15.0. The normalized spacial score (nSPS) is 19.9. The molecule has 1 saturated carbocycles. The Bertz CT molecular complexity index is 286. The van der Waals surface area contributed by atoms with Gasteiger partial charge in [0.2, 0.25) is 5.91 Å². The zero-order valence-electron chi connectivity index (χ0n) is 13.4. The summed E-state index contributed by atoms with van der Waals surface area (Å²) in [5, 5.41) is 3.14. The van der Waals surface area contributed by atoms with E-state index in [9.17, 15) is 4.79 Å². The number of amides is 1. The number of nitrogens with one attached hydrogen (secondary N) is 1. The molecule has 0 aromatic rings. The molecule has 0 aromatic carbocycles. The van der Waals surface area contributed by atoms with Gasteiger partial charge >= 0.3 is 0 Å². The van der Waals surface area contributed by atoms with Crippen LogP contribution in [0.25, 0.3) is 0 Å². The molecule has 3 N–H and O–H groups in total. The number of rotatable bonds is 8. The van der Waals surface area contributed by atoms with Gasteiger partial charge in [0, 0.05) is 13.0 Å². The average molecular weight is 284 g/mol. The van der Waals surface area contributed by atoms with Crippen LogP contribution in [0.4, 0.5) is 0 Å². The van der Waals surface area contributed by atoms with Crippen LogP contribution < -0.4 is 11.1 Å². The minimum Gasteiger partial charge on any atom is -0.380 e. The van der Waals surface area contributed by atoms with Crippen LogP contribution in [-0.4, -0.2) is 31.7 Å². The SMILES string of the molecule is CCOCC(NC(=O)CC1(CN)CCCCC1)C(C)C. The Morgan fingerprint density at radius 3 is 2.45 bits per heavy atom. The molecule has 4 heteroatoms. The van der Waals surface area contributed by atoms with Crippen molar-refractivity contribution in [1.29, 1.82) is 0 Å². The van der Waals surface area contributed by atoms with E-state index >= 15 is 0 Å². The van der Waals surface area contributed by atoms with Crippen LogP contribution in [-0.2, 0) is 9.53 Å². The predicted molar refractivity (Wildman–Crippen MR) is 82.5 cm³/mol. The van der Waals surface area contributed by atoms with Gasteiger partial charge in [-0.3, -0.25) is 4.79 Å². The van der Waals surface area contributed by atoms with Gasteiger partial charge in [-0.05, 0) is 37.6 Å². The fourth-order valence-electron chi connectivity index (χ4n) is 3.00. The first-order valence-corrected chi connectivity index (χ1v) is 8.10. The van der Waals surface area contributed by atoms with E-state index in [1.54, 1.807) is 0 Å². The fraction of sp³-hybridized carbons (Fsp3) is 0.938. The molecule has 20 heavy (non-hydrogen) atoms. The van der Waals surface area contributed by atoms with Crippen LogP contribution in [0.1, 0.15) is 59.3 Å². The molecular weight excluding hydrogens is 252 g/mol. The van der Waals surface area contributed by atoms with Gasteiger partial charge in [-0.15, -0.1) is 0 Å². The van der Waals surface area contributed by atoms with Crippen molar-refractivity contribution in [2.24, 2.45) is 17.1 Å². The Hall–Kier alpha value is -0.610. The van der Waals surface area contributed by atoms with Gasteiger partial charge in [-0.2, -0.15) is 0 Å². The molecular formula is C16H32N2O2. The number of hydrogen-bond acceptors (Lipinski definition) is 3. The van der Waals surface area contributed by atoms with E-state index < -0.39 is 0 Å². The van der Waals surface area contributed by atoms with Crippen molar-refractivity contribution in [1.82, 2.24) is 5.32 Å². The molecule has 0 heterocycles. The minimum atomic E-state index is 0.0372. The third-order valence-corrected chi connectivity index (χ3v) is 4.54. The summed E-state index contributed by atoms with van der Waals surface area (Å²) in [5.41, 5.74) is 5.99. The number of hydrogen-bond donors (Lipinski definition) is 2. The standard InChI is InChI=1S/C16H32N2O2/c1-4-20-11-14(13(2)3)18-15(19)10-16(12-17)8-6-5-7-9-16/h13-14H,4-12,17H2,1-3H3,(H,18,19). The Kier molecular flexibility index (Phi) is 7.52. The van der Waals surface area contributed by atoms with Crippen molar-refractivity contribution in [3.8, 4) is 0 Å². The van der Waals surface area contributed by atoms with Crippen molar-refractivity contribution >= 4 is 5.91 Å². The van der Waals surface area contributed by atoms with Crippen molar-refractivity contribution in [2.45, 2.75) is 65.3 Å². The Balaban J connectivity index is 2.50. The molecule has 1 amide bonds. The van der Waals surface area contributed by atoms with Crippen molar-refractivity contribution < 1.29 is 9.53 Å². The maximum absolute atomic E-state index is 12.3. The largest absolute Gasteiger partial charge is 0.380 e. The monoisotopic (exact) mass is 284 g/mol. The maximum atomic E-state index is 12.3. The highest BCUT2D eigenvalue weighted by Crippen LogP contribution is 2.38. The lowest BCUT2D eigenvalue weighted by Gasteiger charge is -2.36. The van der Waals surface area contributed by atoms with Gasteiger partial charge in [0.15, 0.2) is 0 Å². The number of carbonyl (C=O) groups is 1. The zero-order valence-corrected chi connectivity index (χ0v) is 13.4. The molecule has 0 radical (unpaired) electrons. The first-order valence-electron chi connectivity index (χ1n) is 8.10. The van der Waals surface area contributed by atoms with E-state index in [2.05, 4.69) is 19.2 Å². The molecule has 1 unspecified atom stereocenters. The second-order valence-corrected chi connectivity index (χ2v) is 6.52. The molecule has 1 rings (SSSR count). The second-order valence-electron chi connectivity index (χ2n) is 6.52. The summed E-state index contributed by atoms with van der Waals surface area (Å²) < 4.78 is 5.46. The average Bonchev–Trinajstić information content (AvgIpc) is 2.44. The van der Waals surface area contributed by atoms with Gasteiger partial charge < -0.3 is 15.8 Å². The Morgan fingerprint density at radius 2 is 1.95 bits per heavy atom. The van der Waals surface area contributed by atoms with Crippen LogP contribution in [0.2, 0.25) is 0 Å². The van der Waals surface area contributed by atoms with E-state index in [1.807, 2.05) is 6.92 Å². The summed E-state index contributed by atoms with van der Waals surface area (Å²) in [6.07, 6.45) is 6.44. The lowest BCUT2D eigenvalue weighted by Crippen LogP contribution is -2.45. The highest BCUT2D eigenvalue weighted by molar-refractivity contribution is 5.77. The third kappa shape index (κ3) is 5.41. The van der Waals surface area contributed by atoms with Crippen molar-refractivity contribution in [3.63, 3.8) is 0 Å². The molecule has 1 fully saturated rings. The van der Waals surface area contributed by atoms with Crippen molar-refractivity contribution in [2.75, 3.05) is 19.8 Å². The quantitative estimate of drug-likeness (QED) is 0.719. The number of ether oxygens (including phenoxy) is 1. The van der Waals surface area contributed by atoms with Crippen LogP contribution in [0.5, 0.6) is 0 Å². The minimum absolute atomic E-state index is 0.0372. The highest BCUT2D eigenvalue weighted by atomic mass is 16.5. The van der Waals surface area contributed by atoms with Gasteiger partial charge in [-0.1, -0.05) is 33.1 Å². The molecule has 0 bridgehead atoms. The molecule has 0 saturated heterocycles. The molecule has 1 aliphatic rings. The second kappa shape index (κ2) is 8.63. The van der Waals surface area contributed by atoms with E-state index in [-0.39, 0.29) is 17.4 Å². The Morgan fingerprint density at radius 1 is 1.30 bits per heavy atom. The molecule has 118 valence electrons. The smallest absolute Gasteiger partial charge is 0.220 e. The van der Waals surface area contributed by atoms with Gasteiger partial charge in [0.05, 0.1) is 12.6 Å². The molecule has 1 atom stereocenters. The van der Waals surface area contributed by atoms with Crippen molar-refractivity contribution in [3.05, 3.63) is 0 Å². The number of carbonyl (C=O) groups excluding carboxylic acids is 1. The first-order chi connectivity index (χ1) is 9.53. The first kappa shape index (κ1) is 17.4. The van der Waals surface area contributed by atoms with Crippen LogP contribution in [0.15, 0.2) is 0 Å². The summed E-state index contributed by atoms with van der Waals surface area (Å²) in [6, 6.07) is 0.0980. The van der Waals surface area contributed by atoms with Gasteiger partial charge in [0.1, 0.15) is 0 Å². The summed E-state index contributed by atoms with van der Waals surface area (Å²) >= 11 is 0. The lowest BCUT2D eigenvalue weighted by molar-refractivity contribution is -0.125. The van der Waals surface area contributed by atoms with Crippen LogP contribution in [0.3, 0.4) is 0 Å². The van der Waals surface area contributed by atoms with E-state index in [1.165, 1.54) is 19.3 Å². The summed E-state index contributed by atoms with van der Waals surface area (Å²) in [4.78, 5) is 12.3. The summed E-state index contributed by atoms with van der Waals surface area (Å²) in [6.45, 7) is 8.11. The van der Waals surface area contributed by atoms with E-state index in [0.717, 1.165) is 12.8 Å². The molecule has 0 spiro atoms.